The molecule has 2 amide bonds. The summed E-state index contributed by atoms with van der Waals surface area (Å²) in [6.07, 6.45) is 4.98. The van der Waals surface area contributed by atoms with Crippen LogP contribution in [0.1, 0.15) is 48.9 Å². The van der Waals surface area contributed by atoms with Crippen LogP contribution in [0.25, 0.3) is 10.9 Å². The summed E-state index contributed by atoms with van der Waals surface area (Å²) in [5.74, 6) is -0.549. The maximum atomic E-state index is 14.7. The summed E-state index contributed by atoms with van der Waals surface area (Å²) in [6, 6.07) is 4.48. The van der Waals surface area contributed by atoms with Crippen molar-refractivity contribution >= 4 is 22.9 Å². The van der Waals surface area contributed by atoms with Crippen LogP contribution in [0.4, 0.5) is 9.18 Å². The van der Waals surface area contributed by atoms with Gasteiger partial charge >= 0.3 is 6.09 Å². The molecule has 2 aromatic rings. The number of hydrogen-bond acceptors (Lipinski definition) is 3. The van der Waals surface area contributed by atoms with Gasteiger partial charge in [0.2, 0.25) is 0 Å². The normalized spacial score (nSPS) is 22.9. The first-order valence-corrected chi connectivity index (χ1v) is 10.7. The Balaban J connectivity index is 1.56. The number of amides is 2. The number of aromatic nitrogens is 1. The molecule has 0 bridgehead atoms. The molecule has 2 heterocycles. The van der Waals surface area contributed by atoms with Gasteiger partial charge in [-0.25, -0.2) is 9.18 Å². The summed E-state index contributed by atoms with van der Waals surface area (Å²) in [7, 11) is 0. The summed E-state index contributed by atoms with van der Waals surface area (Å²) in [5.41, 5.74) is 0.939. The maximum absolute atomic E-state index is 14.7. The molecule has 0 radical (unpaired) electrons. The number of nitrogens with zero attached hydrogens (tertiary/aromatic N) is 2. The number of halogens is 1. The van der Waals surface area contributed by atoms with Crippen LogP contribution in [0.2, 0.25) is 0 Å². The first kappa shape index (κ1) is 20.7. The van der Waals surface area contributed by atoms with Gasteiger partial charge in [0.1, 0.15) is 5.82 Å². The molecule has 2 aliphatic rings. The molecular formula is C22H28FN3O4. The minimum Gasteiger partial charge on any atom is -0.465 e. The summed E-state index contributed by atoms with van der Waals surface area (Å²) in [5, 5.41) is 22.5. The second kappa shape index (κ2) is 8.63. The fourth-order valence-electron chi connectivity index (χ4n) is 4.74. The van der Waals surface area contributed by atoms with Gasteiger partial charge < -0.3 is 25.0 Å². The molecule has 8 heteroatoms. The molecule has 0 unspecified atom stereocenters. The van der Waals surface area contributed by atoms with E-state index in [4.69, 9.17) is 5.11 Å². The second-order valence-corrected chi connectivity index (χ2v) is 8.47. The van der Waals surface area contributed by atoms with Crippen molar-refractivity contribution in [2.75, 3.05) is 13.1 Å². The van der Waals surface area contributed by atoms with Crippen molar-refractivity contribution in [3.05, 3.63) is 35.8 Å². The van der Waals surface area contributed by atoms with E-state index in [1.54, 1.807) is 18.3 Å². The molecule has 1 saturated heterocycles. The summed E-state index contributed by atoms with van der Waals surface area (Å²) < 4.78 is 16.6. The number of aliphatic hydroxyl groups excluding tert-OH is 1. The van der Waals surface area contributed by atoms with E-state index in [9.17, 15) is 19.1 Å². The van der Waals surface area contributed by atoms with Crippen molar-refractivity contribution in [3.63, 3.8) is 0 Å². The molecule has 2 atom stereocenters. The lowest BCUT2D eigenvalue weighted by atomic mass is 9.92. The number of benzene rings is 1. The Kier molecular flexibility index (Phi) is 5.94. The van der Waals surface area contributed by atoms with Crippen LogP contribution in [0.15, 0.2) is 24.4 Å². The van der Waals surface area contributed by atoms with Gasteiger partial charge in [-0.2, -0.15) is 0 Å². The van der Waals surface area contributed by atoms with Crippen molar-refractivity contribution in [1.29, 1.82) is 0 Å². The lowest BCUT2D eigenvalue weighted by molar-refractivity contribution is 0.0718. The van der Waals surface area contributed by atoms with Crippen molar-refractivity contribution in [2.24, 2.45) is 5.92 Å². The average Bonchev–Trinajstić information content (AvgIpc) is 3.10. The van der Waals surface area contributed by atoms with E-state index in [0.29, 0.717) is 37.0 Å². The Hall–Kier alpha value is -2.61. The number of hydrogen-bond donors (Lipinski definition) is 3. The van der Waals surface area contributed by atoms with Gasteiger partial charge in [0.25, 0.3) is 5.91 Å². The fraction of sp³-hybridized carbons (Fsp3) is 0.545. The zero-order valence-corrected chi connectivity index (χ0v) is 16.9. The van der Waals surface area contributed by atoms with Gasteiger partial charge in [-0.1, -0.05) is 18.9 Å². The van der Waals surface area contributed by atoms with Gasteiger partial charge in [-0.3, -0.25) is 4.79 Å². The van der Waals surface area contributed by atoms with Crippen LogP contribution in [0, 0.1) is 11.7 Å². The largest absolute Gasteiger partial charge is 0.465 e. The van der Waals surface area contributed by atoms with Gasteiger partial charge in [0, 0.05) is 31.2 Å². The Morgan fingerprint density at radius 2 is 1.87 bits per heavy atom. The van der Waals surface area contributed by atoms with Crippen molar-refractivity contribution < 1.29 is 24.2 Å². The van der Waals surface area contributed by atoms with E-state index in [0.717, 1.165) is 32.1 Å². The SMILES string of the molecule is O=C(N[C@H]1CCCC[C@@H]1O)c1cn(CC2CCN(C(=O)O)CC2)c2cccc(F)c12. The first-order chi connectivity index (χ1) is 14.4. The number of carboxylic acid groups (broad SMARTS) is 1. The maximum Gasteiger partial charge on any atom is 0.407 e. The third-order valence-corrected chi connectivity index (χ3v) is 6.49. The molecule has 1 aliphatic carbocycles. The predicted octanol–water partition coefficient (Wildman–Crippen LogP) is 3.20. The molecule has 4 rings (SSSR count). The molecule has 1 aromatic carbocycles. The van der Waals surface area contributed by atoms with Gasteiger partial charge in [-0.15, -0.1) is 0 Å². The highest BCUT2D eigenvalue weighted by molar-refractivity contribution is 6.07. The second-order valence-electron chi connectivity index (χ2n) is 8.47. The molecule has 1 aliphatic heterocycles. The highest BCUT2D eigenvalue weighted by atomic mass is 19.1. The van der Waals surface area contributed by atoms with Crippen LogP contribution in [-0.2, 0) is 6.54 Å². The minimum absolute atomic E-state index is 0.260. The van der Waals surface area contributed by atoms with Crippen LogP contribution in [0.5, 0.6) is 0 Å². The number of rotatable bonds is 4. The molecule has 3 N–H and O–H groups in total. The van der Waals surface area contributed by atoms with Crippen LogP contribution < -0.4 is 5.32 Å². The Morgan fingerprint density at radius 3 is 2.57 bits per heavy atom. The van der Waals surface area contributed by atoms with Crippen molar-refractivity contribution in [2.45, 2.75) is 57.2 Å². The molecular weight excluding hydrogens is 389 g/mol. The van der Waals surface area contributed by atoms with Gasteiger partial charge in [0.05, 0.1) is 23.2 Å². The number of fused-ring (bicyclic) bond motifs is 1. The number of aliphatic hydroxyl groups is 1. The van der Waals surface area contributed by atoms with Gasteiger partial charge in [0.15, 0.2) is 0 Å². The molecule has 7 nitrogen and oxygen atoms in total. The Bertz CT molecular complexity index is 936. The van der Waals surface area contributed by atoms with Crippen molar-refractivity contribution in [3.8, 4) is 0 Å². The smallest absolute Gasteiger partial charge is 0.407 e. The van der Waals surface area contributed by atoms with E-state index < -0.39 is 18.0 Å². The zero-order valence-electron chi connectivity index (χ0n) is 16.9. The zero-order chi connectivity index (χ0) is 21.3. The van der Waals surface area contributed by atoms with E-state index in [1.165, 1.54) is 11.0 Å². The molecule has 30 heavy (non-hydrogen) atoms. The molecule has 0 spiro atoms. The van der Waals surface area contributed by atoms with E-state index in [2.05, 4.69) is 5.32 Å². The van der Waals surface area contributed by atoms with Crippen LogP contribution >= 0.6 is 0 Å². The summed E-state index contributed by atoms with van der Waals surface area (Å²) in [6.45, 7) is 1.58. The molecule has 2 fully saturated rings. The first-order valence-electron chi connectivity index (χ1n) is 10.7. The number of likely N-dealkylation sites (tertiary alicyclic amines) is 1. The number of piperidine rings is 1. The molecule has 1 aromatic heterocycles. The number of carbonyl (C=O) groups excluding carboxylic acids is 1. The molecule has 162 valence electrons. The Morgan fingerprint density at radius 1 is 1.13 bits per heavy atom. The highest BCUT2D eigenvalue weighted by Gasteiger charge is 2.28. The monoisotopic (exact) mass is 417 g/mol. The third-order valence-electron chi connectivity index (χ3n) is 6.49. The summed E-state index contributed by atoms with van der Waals surface area (Å²) >= 11 is 0. The van der Waals surface area contributed by atoms with Gasteiger partial charge in [-0.05, 0) is 43.7 Å². The van der Waals surface area contributed by atoms with E-state index >= 15 is 0 Å². The fourth-order valence-corrected chi connectivity index (χ4v) is 4.74. The number of carbonyl (C=O) groups is 2. The topological polar surface area (TPSA) is 94.8 Å². The van der Waals surface area contributed by atoms with E-state index in [1.807, 2.05) is 4.57 Å². The quantitative estimate of drug-likeness (QED) is 0.712. The minimum atomic E-state index is -0.897. The molecule has 1 saturated carbocycles. The lowest BCUT2D eigenvalue weighted by Crippen LogP contribution is -2.45. The third kappa shape index (κ3) is 4.14. The lowest BCUT2D eigenvalue weighted by Gasteiger charge is -2.30. The van der Waals surface area contributed by atoms with Crippen LogP contribution in [-0.4, -0.2) is 56.9 Å². The van der Waals surface area contributed by atoms with E-state index in [-0.39, 0.29) is 23.4 Å². The average molecular weight is 417 g/mol. The highest BCUT2D eigenvalue weighted by Crippen LogP contribution is 2.28. The standard InChI is InChI=1S/C22H28FN3O4/c23-16-4-3-6-18-20(16)15(21(28)24-17-5-1-2-7-19(17)27)13-26(18)12-14-8-10-25(11-9-14)22(29)30/h3-4,6,13-14,17,19,27H,1-2,5,7-12H2,(H,24,28)(H,29,30)/t17-,19-/m0/s1. The number of nitrogens with one attached hydrogen (secondary N) is 1. The van der Waals surface area contributed by atoms with Crippen molar-refractivity contribution in [1.82, 2.24) is 14.8 Å². The van der Waals surface area contributed by atoms with Crippen LogP contribution in [0.3, 0.4) is 0 Å². The predicted molar refractivity (Wildman–Crippen MR) is 110 cm³/mol. The Labute approximate surface area is 174 Å². The summed E-state index contributed by atoms with van der Waals surface area (Å²) in [4.78, 5) is 25.5.